The third-order valence-electron chi connectivity index (χ3n) is 16.0. The Morgan fingerprint density at radius 2 is 1.59 bits per heavy atom. The predicted molar refractivity (Wildman–Crippen MR) is 240 cm³/mol. The van der Waals surface area contributed by atoms with E-state index in [1.54, 1.807) is 6.92 Å². The van der Waals surface area contributed by atoms with Crippen LogP contribution in [0.15, 0.2) is 12.2 Å². The summed E-state index contributed by atoms with van der Waals surface area (Å²) in [5.41, 5.74) is -1.74. The number of aliphatic carboxylic acids is 1. The second kappa shape index (κ2) is 21.9. The molecule has 362 valence electrons. The number of nitrogens with one attached hydrogen (secondary N) is 1. The molecule has 1 amide bonds. The van der Waals surface area contributed by atoms with E-state index in [4.69, 9.17) is 40.0 Å². The lowest BCUT2D eigenvalue weighted by Crippen LogP contribution is -2.65. The molecular weight excluding hydrogens is 830 g/mol. The number of carboxylic acid groups (broad SMARTS) is 1. The van der Waals surface area contributed by atoms with Crippen molar-refractivity contribution in [3.63, 3.8) is 0 Å². The number of carbonyl (C=O) groups excluding carboxylic acids is 2. The molecule has 4 saturated heterocycles. The zero-order valence-corrected chi connectivity index (χ0v) is 40.7. The molecule has 14 heteroatoms. The summed E-state index contributed by atoms with van der Waals surface area (Å²) in [6.45, 7) is 19.9. The van der Waals surface area contributed by atoms with E-state index in [9.17, 15) is 29.7 Å². The van der Waals surface area contributed by atoms with E-state index in [1.165, 1.54) is 0 Å². The average Bonchev–Trinajstić information content (AvgIpc) is 3.59. The zero-order chi connectivity index (χ0) is 46.5. The lowest BCUT2D eigenvalue weighted by molar-refractivity contribution is -0.398. The van der Waals surface area contributed by atoms with E-state index < -0.39 is 95.1 Å². The summed E-state index contributed by atoms with van der Waals surface area (Å²) in [5, 5.41) is 36.0. The molecule has 5 heterocycles. The third-order valence-corrected chi connectivity index (χ3v) is 16.3. The fourth-order valence-corrected chi connectivity index (χ4v) is 11.7. The van der Waals surface area contributed by atoms with Crippen LogP contribution in [0.5, 0.6) is 0 Å². The normalized spacial score (nSPS) is 40.6. The highest BCUT2D eigenvalue weighted by Crippen LogP contribution is 2.54. The second-order valence-electron chi connectivity index (χ2n) is 20.3. The van der Waals surface area contributed by atoms with Gasteiger partial charge in [-0.1, -0.05) is 74.3 Å². The Balaban J connectivity index is 1.37. The van der Waals surface area contributed by atoms with Gasteiger partial charge in [0.15, 0.2) is 11.6 Å². The molecule has 4 fully saturated rings. The standard InChI is InChI=1S/C49H82ClNO12/c1-11-35(44(54)55)37-19-18-29(4)42(60-37)33(8)40(52)32(7)41(53)36(12-2)43-30(5)28-31(6)48(61-43)23-20-38(51-45(56)58-27-17-15-14-16-26-50)49(63-48)25-24-46(10,62-49)39-21-22-47(57,13-3)34(9)59-39/h20,23,29-40,42-43,52,57H,11-19,21-22,24-28H2,1-10H3,(H,51,56)(H,54,55)/t29-,30-,31+,32-,33-,34-,35+,36-,37+,38+,39+,40+,42+,43-,46-,47+,48-,49-/m0/s1. The van der Waals surface area contributed by atoms with Gasteiger partial charge < -0.3 is 49.1 Å². The number of halogens is 1. The average molecular weight is 913 g/mol. The minimum atomic E-state index is -1.37. The summed E-state index contributed by atoms with van der Waals surface area (Å²) in [6.07, 6.45) is 9.28. The van der Waals surface area contributed by atoms with E-state index in [-0.39, 0.29) is 36.2 Å². The Bertz CT molecular complexity index is 1570. The molecule has 13 nitrogen and oxygen atoms in total. The highest BCUT2D eigenvalue weighted by atomic mass is 35.5. The second-order valence-corrected chi connectivity index (χ2v) is 20.7. The zero-order valence-electron chi connectivity index (χ0n) is 39.9. The van der Waals surface area contributed by atoms with Crippen LogP contribution in [0.3, 0.4) is 0 Å². The first-order valence-corrected chi connectivity index (χ1v) is 25.0. The maximum Gasteiger partial charge on any atom is 0.407 e. The van der Waals surface area contributed by atoms with Crippen LogP contribution in [0.2, 0.25) is 0 Å². The van der Waals surface area contributed by atoms with Crippen LogP contribution in [0.4, 0.5) is 4.79 Å². The van der Waals surface area contributed by atoms with Crippen LogP contribution in [-0.2, 0) is 38.0 Å². The number of hydrogen-bond donors (Lipinski definition) is 4. The molecule has 0 aliphatic carbocycles. The number of carboxylic acids is 1. The number of hydrogen-bond acceptors (Lipinski definition) is 11. The van der Waals surface area contributed by atoms with Crippen molar-refractivity contribution in [2.45, 2.75) is 225 Å². The number of ether oxygens (including phenoxy) is 6. The first-order valence-electron chi connectivity index (χ1n) is 24.5. The SMILES string of the molecule is CC[C@@H](C(=O)[C@@H](C)[C@@H](O)[C@H](C)[C@@H]1O[C@@H]([C@@H](CC)C(=O)O)CC[C@@H]1C)[C@H]1O[C@]2(C=C[C@@H](NC(=O)OCCCCCCCl)[C@]3(CC[C@@](C)([C@H]4CC[C@](O)(CC)[C@H](C)O4)O3)O2)[C@H](C)C[C@@H]1C. The van der Waals surface area contributed by atoms with Crippen molar-refractivity contribution in [2.24, 2.45) is 41.4 Å². The molecule has 5 aliphatic heterocycles. The number of amides is 1. The molecule has 0 bridgehead atoms. The van der Waals surface area contributed by atoms with E-state index in [2.05, 4.69) is 26.1 Å². The summed E-state index contributed by atoms with van der Waals surface area (Å²) in [7, 11) is 0. The van der Waals surface area contributed by atoms with Gasteiger partial charge in [0, 0.05) is 36.0 Å². The maximum absolute atomic E-state index is 14.7. The molecule has 0 saturated carbocycles. The number of unbranched alkanes of at least 4 members (excludes halogenated alkanes) is 3. The van der Waals surface area contributed by atoms with Gasteiger partial charge in [-0.05, 0) is 102 Å². The summed E-state index contributed by atoms with van der Waals surface area (Å²) >= 11 is 5.83. The molecule has 0 aromatic carbocycles. The van der Waals surface area contributed by atoms with Crippen molar-refractivity contribution in [2.75, 3.05) is 12.5 Å². The van der Waals surface area contributed by atoms with Crippen molar-refractivity contribution < 1.29 is 58.1 Å². The van der Waals surface area contributed by atoms with Crippen LogP contribution in [-0.4, -0.2) is 111 Å². The van der Waals surface area contributed by atoms with Crippen molar-refractivity contribution in [3.8, 4) is 0 Å². The van der Waals surface area contributed by atoms with Crippen molar-refractivity contribution in [3.05, 3.63) is 12.2 Å². The van der Waals surface area contributed by atoms with Gasteiger partial charge in [0.1, 0.15) is 11.8 Å². The van der Waals surface area contributed by atoms with Gasteiger partial charge in [-0.25, -0.2) is 4.79 Å². The Morgan fingerprint density at radius 3 is 2.22 bits per heavy atom. The van der Waals surface area contributed by atoms with Gasteiger partial charge in [-0.15, -0.1) is 11.6 Å². The predicted octanol–water partition coefficient (Wildman–Crippen LogP) is 8.72. The van der Waals surface area contributed by atoms with E-state index >= 15 is 0 Å². The Hall–Kier alpha value is -1.84. The number of carbonyl (C=O) groups is 3. The molecule has 18 atom stereocenters. The van der Waals surface area contributed by atoms with Crippen LogP contribution in [0.1, 0.15) is 159 Å². The fraction of sp³-hybridized carbons (Fsp3) is 0.898. The molecule has 63 heavy (non-hydrogen) atoms. The highest BCUT2D eigenvalue weighted by Gasteiger charge is 2.63. The van der Waals surface area contributed by atoms with Gasteiger partial charge in [0.05, 0.1) is 60.4 Å². The van der Waals surface area contributed by atoms with E-state index in [1.807, 2.05) is 53.7 Å². The Morgan fingerprint density at radius 1 is 0.889 bits per heavy atom. The lowest BCUT2D eigenvalue weighted by atomic mass is 9.72. The largest absolute Gasteiger partial charge is 0.481 e. The van der Waals surface area contributed by atoms with E-state index in [0.717, 1.165) is 32.1 Å². The molecule has 0 aromatic heterocycles. The molecular formula is C49H82ClNO12. The van der Waals surface area contributed by atoms with Crippen molar-refractivity contribution in [1.82, 2.24) is 5.32 Å². The number of aliphatic hydroxyl groups excluding tert-OH is 1. The molecule has 4 N–H and O–H groups in total. The Labute approximate surface area is 382 Å². The summed E-state index contributed by atoms with van der Waals surface area (Å²) < 4.78 is 40.1. The highest BCUT2D eigenvalue weighted by molar-refractivity contribution is 6.17. The first-order chi connectivity index (χ1) is 29.7. The number of aliphatic hydroxyl groups is 2. The number of alkyl halides is 1. The summed E-state index contributed by atoms with van der Waals surface area (Å²) in [6, 6.07) is -0.733. The smallest absolute Gasteiger partial charge is 0.407 e. The van der Waals surface area contributed by atoms with Crippen LogP contribution in [0.25, 0.3) is 0 Å². The lowest BCUT2D eigenvalue weighted by Gasteiger charge is -2.55. The first kappa shape index (κ1) is 52.1. The Kier molecular flexibility index (Phi) is 18.1. The minimum Gasteiger partial charge on any atom is -0.481 e. The number of alkyl carbamates (subject to hydrolysis) is 1. The third kappa shape index (κ3) is 11.3. The van der Waals surface area contributed by atoms with Crippen molar-refractivity contribution >= 4 is 29.4 Å². The molecule has 5 rings (SSSR count). The van der Waals surface area contributed by atoms with Crippen LogP contribution < -0.4 is 5.32 Å². The number of rotatable bonds is 19. The van der Waals surface area contributed by atoms with Gasteiger partial charge in [0.25, 0.3) is 0 Å². The topological polar surface area (TPSA) is 179 Å². The number of Topliss-reactive ketones (excluding diaryl/α,β-unsaturated/α-hetero) is 1. The van der Waals surface area contributed by atoms with E-state index in [0.29, 0.717) is 63.7 Å². The molecule has 5 aliphatic rings. The monoisotopic (exact) mass is 912 g/mol. The van der Waals surface area contributed by atoms with Gasteiger partial charge >= 0.3 is 12.1 Å². The van der Waals surface area contributed by atoms with Gasteiger partial charge in [-0.2, -0.15) is 0 Å². The number of ketones is 1. The van der Waals surface area contributed by atoms with Crippen LogP contribution >= 0.6 is 11.6 Å². The van der Waals surface area contributed by atoms with Crippen LogP contribution in [0, 0.1) is 41.4 Å². The summed E-state index contributed by atoms with van der Waals surface area (Å²) in [4.78, 5) is 40.1. The minimum absolute atomic E-state index is 0.0295. The molecule has 2 spiro atoms. The van der Waals surface area contributed by atoms with Gasteiger partial charge in [-0.3, -0.25) is 9.59 Å². The van der Waals surface area contributed by atoms with Crippen molar-refractivity contribution in [1.29, 1.82) is 0 Å². The fourth-order valence-electron chi connectivity index (χ4n) is 11.6. The molecule has 0 unspecified atom stereocenters. The maximum atomic E-state index is 14.7. The quantitative estimate of drug-likeness (QED) is 0.0551. The summed E-state index contributed by atoms with van der Waals surface area (Å²) in [5.74, 6) is -5.51. The van der Waals surface area contributed by atoms with Gasteiger partial charge in [0.2, 0.25) is 0 Å². The molecule has 0 aromatic rings. The molecule has 0 radical (unpaired) electrons.